The van der Waals surface area contributed by atoms with Crippen molar-refractivity contribution in [2.45, 2.75) is 26.3 Å². The molecule has 0 fully saturated rings. The lowest BCUT2D eigenvalue weighted by atomic mass is 10.1. The highest BCUT2D eigenvalue weighted by molar-refractivity contribution is 6.31. The molecule has 0 saturated heterocycles. The molecule has 0 saturated carbocycles. The molecule has 0 aliphatic heterocycles. The van der Waals surface area contributed by atoms with Crippen molar-refractivity contribution in [3.63, 3.8) is 0 Å². The van der Waals surface area contributed by atoms with Gasteiger partial charge >= 0.3 is 0 Å². The molecule has 0 spiro atoms. The Balaban J connectivity index is 2.66. The lowest BCUT2D eigenvalue weighted by Gasteiger charge is -2.08. The highest BCUT2D eigenvalue weighted by Crippen LogP contribution is 2.27. The van der Waals surface area contributed by atoms with Gasteiger partial charge in [0.1, 0.15) is 0 Å². The molecule has 1 aromatic heterocycles. The smallest absolute Gasteiger partial charge is 0.0500 e. The highest BCUT2D eigenvalue weighted by atomic mass is 35.5. The number of nitrogens with zero attached hydrogens (tertiary/aromatic N) is 1. The first-order valence-corrected chi connectivity index (χ1v) is 6.00. The minimum atomic E-state index is 0.437. The number of hydrogen-bond donors (Lipinski definition) is 1. The number of hydrogen-bond acceptors (Lipinski definition) is 1. The molecule has 0 aliphatic rings. The highest BCUT2D eigenvalue weighted by Gasteiger charge is 2.10. The molecule has 2 aromatic rings. The maximum absolute atomic E-state index is 6.04. The Morgan fingerprint density at radius 2 is 2.12 bits per heavy atom. The zero-order valence-electron chi connectivity index (χ0n) is 9.70. The molecule has 0 unspecified atom stereocenters. The topological polar surface area (TPSA) is 30.9 Å². The van der Waals surface area contributed by atoms with E-state index in [9.17, 15) is 0 Å². The van der Waals surface area contributed by atoms with Crippen molar-refractivity contribution in [3.05, 3.63) is 35.0 Å². The van der Waals surface area contributed by atoms with Crippen molar-refractivity contribution >= 4 is 22.5 Å². The van der Waals surface area contributed by atoms with Crippen molar-refractivity contribution in [1.82, 2.24) is 4.57 Å². The third-order valence-corrected chi connectivity index (χ3v) is 3.08. The molecule has 0 amide bonds. The lowest BCUT2D eigenvalue weighted by molar-refractivity contribution is 0.621. The molecule has 0 radical (unpaired) electrons. The van der Waals surface area contributed by atoms with Crippen molar-refractivity contribution in [3.8, 4) is 0 Å². The number of halogens is 1. The van der Waals surface area contributed by atoms with E-state index in [4.69, 9.17) is 17.3 Å². The molecule has 2 rings (SSSR count). The van der Waals surface area contributed by atoms with Crippen LogP contribution < -0.4 is 5.73 Å². The van der Waals surface area contributed by atoms with Gasteiger partial charge in [0.25, 0.3) is 0 Å². The van der Waals surface area contributed by atoms with Crippen molar-refractivity contribution in [2.24, 2.45) is 5.73 Å². The van der Waals surface area contributed by atoms with Gasteiger partial charge in [0.2, 0.25) is 0 Å². The van der Waals surface area contributed by atoms with Crippen LogP contribution in [-0.2, 0) is 6.42 Å². The first kappa shape index (κ1) is 11.5. The number of aromatic nitrogens is 1. The first-order chi connectivity index (χ1) is 7.63. The summed E-state index contributed by atoms with van der Waals surface area (Å²) < 4.78 is 2.26. The van der Waals surface area contributed by atoms with E-state index >= 15 is 0 Å². The van der Waals surface area contributed by atoms with E-state index in [1.807, 2.05) is 12.1 Å². The number of nitrogens with two attached hydrogens (primary N) is 1. The standard InChI is InChI=1S/C13H17ClN2/c1-9(2)16-8-10(5-6-15)12-4-3-11(14)7-13(12)16/h3-4,7-9H,5-6,15H2,1-2H3. The van der Waals surface area contributed by atoms with Gasteiger partial charge in [0.15, 0.2) is 0 Å². The van der Waals surface area contributed by atoms with Crippen molar-refractivity contribution in [2.75, 3.05) is 6.54 Å². The van der Waals surface area contributed by atoms with Crippen LogP contribution in [0.2, 0.25) is 5.02 Å². The van der Waals surface area contributed by atoms with Gasteiger partial charge in [-0.05, 0) is 44.5 Å². The van der Waals surface area contributed by atoms with Gasteiger partial charge in [0, 0.05) is 22.6 Å². The van der Waals surface area contributed by atoms with Crippen LogP contribution in [-0.4, -0.2) is 11.1 Å². The second-order valence-corrected chi connectivity index (χ2v) is 4.79. The fourth-order valence-electron chi connectivity index (χ4n) is 2.08. The lowest BCUT2D eigenvalue weighted by Crippen LogP contribution is -2.02. The number of benzene rings is 1. The van der Waals surface area contributed by atoms with Crippen LogP contribution in [0.4, 0.5) is 0 Å². The maximum Gasteiger partial charge on any atom is 0.0500 e. The van der Waals surface area contributed by atoms with E-state index in [-0.39, 0.29) is 0 Å². The Labute approximate surface area is 101 Å². The third kappa shape index (κ3) is 1.95. The zero-order valence-corrected chi connectivity index (χ0v) is 10.5. The van der Waals surface area contributed by atoms with E-state index in [2.05, 4.69) is 30.7 Å². The van der Waals surface area contributed by atoms with Crippen LogP contribution in [0.3, 0.4) is 0 Å². The normalized spacial score (nSPS) is 11.6. The molecular formula is C13H17ClN2. The largest absolute Gasteiger partial charge is 0.345 e. The number of fused-ring (bicyclic) bond motifs is 1. The fourth-order valence-corrected chi connectivity index (χ4v) is 2.25. The summed E-state index contributed by atoms with van der Waals surface area (Å²) in [6, 6.07) is 6.49. The van der Waals surface area contributed by atoms with Gasteiger partial charge in [-0.25, -0.2) is 0 Å². The van der Waals surface area contributed by atoms with Crippen LogP contribution >= 0.6 is 11.6 Å². The molecule has 1 heterocycles. The molecular weight excluding hydrogens is 220 g/mol. The molecule has 0 bridgehead atoms. The number of rotatable bonds is 3. The minimum Gasteiger partial charge on any atom is -0.345 e. The minimum absolute atomic E-state index is 0.437. The Morgan fingerprint density at radius 1 is 1.38 bits per heavy atom. The molecule has 2 nitrogen and oxygen atoms in total. The first-order valence-electron chi connectivity index (χ1n) is 5.62. The van der Waals surface area contributed by atoms with Gasteiger partial charge in [-0.2, -0.15) is 0 Å². The molecule has 0 aliphatic carbocycles. The van der Waals surface area contributed by atoms with Gasteiger partial charge in [-0.3, -0.25) is 0 Å². The molecule has 1 aromatic carbocycles. The quantitative estimate of drug-likeness (QED) is 0.870. The predicted molar refractivity (Wildman–Crippen MR) is 70.1 cm³/mol. The van der Waals surface area contributed by atoms with Crippen LogP contribution in [0, 0.1) is 0 Å². The Bertz CT molecular complexity index is 500. The van der Waals surface area contributed by atoms with Crippen LogP contribution in [0.15, 0.2) is 24.4 Å². The summed E-state index contributed by atoms with van der Waals surface area (Å²) in [6.45, 7) is 5.03. The van der Waals surface area contributed by atoms with Crippen molar-refractivity contribution in [1.29, 1.82) is 0 Å². The molecule has 2 N–H and O–H groups in total. The molecule has 0 atom stereocenters. The van der Waals surface area contributed by atoms with E-state index in [0.717, 1.165) is 11.4 Å². The average molecular weight is 237 g/mol. The summed E-state index contributed by atoms with van der Waals surface area (Å²) in [6.07, 6.45) is 3.11. The van der Waals surface area contributed by atoms with E-state index in [1.54, 1.807) is 0 Å². The molecule has 86 valence electrons. The monoisotopic (exact) mass is 236 g/mol. The van der Waals surface area contributed by atoms with Crippen molar-refractivity contribution < 1.29 is 0 Å². The summed E-state index contributed by atoms with van der Waals surface area (Å²) in [5.41, 5.74) is 8.14. The third-order valence-electron chi connectivity index (χ3n) is 2.85. The Morgan fingerprint density at radius 3 is 2.75 bits per heavy atom. The summed E-state index contributed by atoms with van der Waals surface area (Å²) in [5.74, 6) is 0. The molecule has 16 heavy (non-hydrogen) atoms. The summed E-state index contributed by atoms with van der Waals surface area (Å²) >= 11 is 6.04. The van der Waals surface area contributed by atoms with E-state index in [1.165, 1.54) is 16.5 Å². The second kappa shape index (κ2) is 4.48. The summed E-state index contributed by atoms with van der Waals surface area (Å²) in [7, 11) is 0. The maximum atomic E-state index is 6.04. The zero-order chi connectivity index (χ0) is 11.7. The Kier molecular flexibility index (Phi) is 3.22. The van der Waals surface area contributed by atoms with Gasteiger partial charge in [-0.1, -0.05) is 17.7 Å². The van der Waals surface area contributed by atoms with Gasteiger partial charge in [0.05, 0.1) is 5.52 Å². The summed E-state index contributed by atoms with van der Waals surface area (Å²) in [5, 5.41) is 2.05. The second-order valence-electron chi connectivity index (χ2n) is 4.36. The average Bonchev–Trinajstić information content (AvgIpc) is 2.57. The predicted octanol–water partition coefficient (Wildman–Crippen LogP) is 3.38. The Hall–Kier alpha value is -0.990. The SMILES string of the molecule is CC(C)n1cc(CCN)c2ccc(Cl)cc21. The fraction of sp³-hybridized carbons (Fsp3) is 0.385. The van der Waals surface area contributed by atoms with Crippen LogP contribution in [0.5, 0.6) is 0 Å². The van der Waals surface area contributed by atoms with Crippen LogP contribution in [0.25, 0.3) is 10.9 Å². The van der Waals surface area contributed by atoms with E-state index in [0.29, 0.717) is 12.6 Å². The van der Waals surface area contributed by atoms with E-state index < -0.39 is 0 Å². The molecule has 3 heteroatoms. The van der Waals surface area contributed by atoms with Gasteiger partial charge < -0.3 is 10.3 Å². The summed E-state index contributed by atoms with van der Waals surface area (Å²) in [4.78, 5) is 0. The van der Waals surface area contributed by atoms with Gasteiger partial charge in [-0.15, -0.1) is 0 Å². The van der Waals surface area contributed by atoms with Crippen LogP contribution in [0.1, 0.15) is 25.5 Å².